The summed E-state index contributed by atoms with van der Waals surface area (Å²) in [6.07, 6.45) is 2.12. The summed E-state index contributed by atoms with van der Waals surface area (Å²) in [4.78, 5) is 14.4. The predicted octanol–water partition coefficient (Wildman–Crippen LogP) is 3.58. The minimum Gasteiger partial charge on any atom is -0.341 e. The number of nitriles is 1. The highest BCUT2D eigenvalue weighted by atomic mass is 16.2. The number of likely N-dealkylation sites (N-methyl/N-ethyl adjacent to an activating group) is 1. The van der Waals surface area contributed by atoms with Gasteiger partial charge in [0.15, 0.2) is 0 Å². The van der Waals surface area contributed by atoms with Crippen molar-refractivity contribution in [2.24, 2.45) is 5.92 Å². The molecule has 0 saturated heterocycles. The highest BCUT2D eigenvalue weighted by Crippen LogP contribution is 2.19. The fourth-order valence-electron chi connectivity index (χ4n) is 2.33. The number of nitrogens with zero attached hydrogens (tertiary/aromatic N) is 2. The second-order valence-corrected chi connectivity index (χ2v) is 5.03. The summed E-state index contributed by atoms with van der Waals surface area (Å²) in [6.45, 7) is 7.66. The van der Waals surface area contributed by atoms with Crippen molar-refractivity contribution in [3.8, 4) is 6.07 Å². The lowest BCUT2D eigenvalue weighted by atomic mass is 9.97. The van der Waals surface area contributed by atoms with Crippen LogP contribution in [0.15, 0.2) is 30.3 Å². The second-order valence-electron chi connectivity index (χ2n) is 5.03. The monoisotopic (exact) mass is 272 g/mol. The molecule has 0 heterocycles. The van der Waals surface area contributed by atoms with Crippen LogP contribution in [-0.4, -0.2) is 23.9 Å². The summed E-state index contributed by atoms with van der Waals surface area (Å²) in [5.74, 6) is -0.257. The minimum absolute atomic E-state index is 0.0758. The molecule has 20 heavy (non-hydrogen) atoms. The van der Waals surface area contributed by atoms with Gasteiger partial charge >= 0.3 is 0 Å². The van der Waals surface area contributed by atoms with Crippen molar-refractivity contribution in [2.45, 2.75) is 39.5 Å². The predicted molar refractivity (Wildman–Crippen MR) is 81.1 cm³/mol. The van der Waals surface area contributed by atoms with Crippen LogP contribution in [0.3, 0.4) is 0 Å². The van der Waals surface area contributed by atoms with Gasteiger partial charge in [0, 0.05) is 13.1 Å². The largest absolute Gasteiger partial charge is 0.341 e. The van der Waals surface area contributed by atoms with Crippen LogP contribution in [0.4, 0.5) is 0 Å². The topological polar surface area (TPSA) is 44.1 Å². The van der Waals surface area contributed by atoms with Crippen LogP contribution in [0.25, 0.3) is 0 Å². The molecule has 1 unspecified atom stereocenters. The minimum atomic E-state index is -0.689. The van der Waals surface area contributed by atoms with E-state index in [0.29, 0.717) is 12.5 Å². The van der Waals surface area contributed by atoms with Crippen LogP contribution in [-0.2, 0) is 4.79 Å². The number of carbonyl (C=O) groups excluding carboxylic acids is 1. The van der Waals surface area contributed by atoms with Gasteiger partial charge in [-0.1, -0.05) is 57.0 Å². The van der Waals surface area contributed by atoms with Gasteiger partial charge in [-0.2, -0.15) is 5.26 Å². The molecule has 0 fully saturated rings. The Kier molecular flexibility index (Phi) is 6.79. The summed E-state index contributed by atoms with van der Waals surface area (Å²) in [6, 6.07) is 11.5. The number of amides is 1. The molecule has 0 saturated carbocycles. The van der Waals surface area contributed by atoms with E-state index >= 15 is 0 Å². The van der Waals surface area contributed by atoms with E-state index in [0.717, 1.165) is 24.9 Å². The lowest BCUT2D eigenvalue weighted by Crippen LogP contribution is -2.38. The molecule has 0 spiro atoms. The van der Waals surface area contributed by atoms with Gasteiger partial charge in [-0.3, -0.25) is 4.79 Å². The first-order valence-corrected chi connectivity index (χ1v) is 7.41. The normalized spacial score (nSPS) is 11.9. The second kappa shape index (κ2) is 8.37. The molecular formula is C17H24N2O. The van der Waals surface area contributed by atoms with E-state index in [2.05, 4.69) is 19.9 Å². The van der Waals surface area contributed by atoms with Crippen molar-refractivity contribution in [3.63, 3.8) is 0 Å². The van der Waals surface area contributed by atoms with Gasteiger partial charge in [0.25, 0.3) is 0 Å². The maximum absolute atomic E-state index is 12.6. The first kappa shape index (κ1) is 16.2. The van der Waals surface area contributed by atoms with Crippen molar-refractivity contribution in [2.75, 3.05) is 13.1 Å². The Balaban J connectivity index is 2.86. The fourth-order valence-corrected chi connectivity index (χ4v) is 2.33. The Bertz CT molecular complexity index is 446. The number of hydrogen-bond acceptors (Lipinski definition) is 2. The van der Waals surface area contributed by atoms with Gasteiger partial charge in [-0.05, 0) is 18.4 Å². The summed E-state index contributed by atoms with van der Waals surface area (Å²) >= 11 is 0. The maximum Gasteiger partial charge on any atom is 0.244 e. The number of hydrogen-bond donors (Lipinski definition) is 0. The lowest BCUT2D eigenvalue weighted by Gasteiger charge is -2.27. The van der Waals surface area contributed by atoms with Crippen molar-refractivity contribution in [1.82, 2.24) is 4.90 Å². The number of rotatable bonds is 7. The Morgan fingerprint density at radius 1 is 1.20 bits per heavy atom. The van der Waals surface area contributed by atoms with E-state index in [-0.39, 0.29) is 5.91 Å². The first-order chi connectivity index (χ1) is 9.67. The first-order valence-electron chi connectivity index (χ1n) is 7.41. The van der Waals surface area contributed by atoms with E-state index in [1.165, 1.54) is 0 Å². The molecule has 3 nitrogen and oxygen atoms in total. The molecule has 3 heteroatoms. The third-order valence-electron chi connectivity index (χ3n) is 3.84. The van der Waals surface area contributed by atoms with Gasteiger partial charge in [-0.15, -0.1) is 0 Å². The summed E-state index contributed by atoms with van der Waals surface area (Å²) in [5, 5.41) is 9.35. The smallest absolute Gasteiger partial charge is 0.244 e. The Labute approximate surface area is 122 Å². The van der Waals surface area contributed by atoms with Crippen LogP contribution in [0.1, 0.15) is 45.1 Å². The number of carbonyl (C=O) groups is 1. The standard InChI is InChI=1S/C17H24N2O/c1-4-14(5-2)13-19(6-3)17(20)16(12-18)15-10-8-7-9-11-15/h7-11,14,16H,4-6,13H2,1-3H3. The van der Waals surface area contributed by atoms with Crippen LogP contribution < -0.4 is 0 Å². The van der Waals surface area contributed by atoms with Crippen LogP contribution >= 0.6 is 0 Å². The van der Waals surface area contributed by atoms with Gasteiger partial charge < -0.3 is 4.90 Å². The van der Waals surface area contributed by atoms with E-state index in [4.69, 9.17) is 0 Å². The van der Waals surface area contributed by atoms with Crippen LogP contribution in [0.5, 0.6) is 0 Å². The highest BCUT2D eigenvalue weighted by molar-refractivity contribution is 5.86. The fraction of sp³-hybridized carbons (Fsp3) is 0.529. The van der Waals surface area contributed by atoms with E-state index in [9.17, 15) is 10.1 Å². The van der Waals surface area contributed by atoms with Crippen molar-refractivity contribution < 1.29 is 4.79 Å². The molecule has 108 valence electrons. The molecule has 1 rings (SSSR count). The third-order valence-corrected chi connectivity index (χ3v) is 3.84. The van der Waals surface area contributed by atoms with Gasteiger partial charge in [0.2, 0.25) is 5.91 Å². The Morgan fingerprint density at radius 3 is 2.25 bits per heavy atom. The van der Waals surface area contributed by atoms with Crippen molar-refractivity contribution in [1.29, 1.82) is 5.26 Å². The molecule has 0 aromatic heterocycles. The molecule has 1 amide bonds. The average molecular weight is 272 g/mol. The van der Waals surface area contributed by atoms with Gasteiger partial charge in [0.05, 0.1) is 6.07 Å². The van der Waals surface area contributed by atoms with E-state index in [1.807, 2.05) is 42.2 Å². The molecule has 0 bridgehead atoms. The zero-order valence-electron chi connectivity index (χ0n) is 12.7. The summed E-state index contributed by atoms with van der Waals surface area (Å²) in [7, 11) is 0. The van der Waals surface area contributed by atoms with Crippen LogP contribution in [0, 0.1) is 17.2 Å². The molecule has 1 atom stereocenters. The zero-order chi connectivity index (χ0) is 15.0. The molecule has 0 aliphatic rings. The Hall–Kier alpha value is -1.82. The summed E-state index contributed by atoms with van der Waals surface area (Å²) < 4.78 is 0. The van der Waals surface area contributed by atoms with Gasteiger partial charge in [0.1, 0.15) is 5.92 Å². The van der Waals surface area contributed by atoms with Crippen LogP contribution in [0.2, 0.25) is 0 Å². The van der Waals surface area contributed by atoms with Crippen molar-refractivity contribution >= 4 is 5.91 Å². The molecule has 0 aliphatic carbocycles. The highest BCUT2D eigenvalue weighted by Gasteiger charge is 2.25. The zero-order valence-corrected chi connectivity index (χ0v) is 12.7. The average Bonchev–Trinajstić information content (AvgIpc) is 2.50. The SMILES string of the molecule is CCC(CC)CN(CC)C(=O)C(C#N)c1ccccc1. The van der Waals surface area contributed by atoms with E-state index < -0.39 is 5.92 Å². The summed E-state index contributed by atoms with van der Waals surface area (Å²) in [5.41, 5.74) is 0.781. The quantitative estimate of drug-likeness (QED) is 0.761. The van der Waals surface area contributed by atoms with E-state index in [1.54, 1.807) is 0 Å². The molecule has 0 N–H and O–H groups in total. The van der Waals surface area contributed by atoms with Gasteiger partial charge in [-0.25, -0.2) is 0 Å². The molecular weight excluding hydrogens is 248 g/mol. The molecule has 1 aromatic carbocycles. The van der Waals surface area contributed by atoms with Crippen molar-refractivity contribution in [3.05, 3.63) is 35.9 Å². The Morgan fingerprint density at radius 2 is 1.80 bits per heavy atom. The maximum atomic E-state index is 12.6. The molecule has 1 aromatic rings. The lowest BCUT2D eigenvalue weighted by molar-refractivity contribution is -0.132. The molecule has 0 radical (unpaired) electrons. The third kappa shape index (κ3) is 4.09. The molecule has 0 aliphatic heterocycles. The number of benzene rings is 1.